The number of carbonyl (C=O) groups is 2. The number of unbranched alkanes of at least 4 members (excludes halogenated alkanes) is 2. The number of nitrogens with zero attached hydrogens (tertiary/aromatic N) is 1. The molecular weight excluding hydrogens is 765 g/mol. The zero-order chi connectivity index (χ0) is 43.7. The van der Waals surface area contributed by atoms with Gasteiger partial charge < -0.3 is 33.0 Å². The molecule has 0 radical (unpaired) electrons. The third-order valence-electron chi connectivity index (χ3n) is 8.09. The summed E-state index contributed by atoms with van der Waals surface area (Å²) in [4.78, 5) is 37.5. The van der Waals surface area contributed by atoms with E-state index in [9.17, 15) is 24.2 Å². The average molecular weight is 842 g/mol. The molecule has 3 atom stereocenters. The van der Waals surface area contributed by atoms with Gasteiger partial charge in [-0.3, -0.25) is 14.2 Å². The Morgan fingerprint density at radius 1 is 0.627 bits per heavy atom. The van der Waals surface area contributed by atoms with Gasteiger partial charge in [-0.05, 0) is 83.5 Å². The van der Waals surface area contributed by atoms with Crippen LogP contribution in [0.1, 0.15) is 110 Å². The molecule has 59 heavy (non-hydrogen) atoms. The van der Waals surface area contributed by atoms with Crippen LogP contribution >= 0.6 is 7.82 Å². The van der Waals surface area contributed by atoms with Crippen LogP contribution in [0.4, 0.5) is 0 Å². The number of allylic oxidation sites excluding steroid dienone is 19. The molecule has 0 aliphatic carbocycles. The first-order valence-electron chi connectivity index (χ1n) is 21.4. The monoisotopic (exact) mass is 842 g/mol. The van der Waals surface area contributed by atoms with Gasteiger partial charge in [-0.15, -0.1) is 0 Å². The van der Waals surface area contributed by atoms with E-state index in [0.717, 1.165) is 70.6 Å². The second kappa shape index (κ2) is 38.6. The molecule has 0 fully saturated rings. The third-order valence-corrected chi connectivity index (χ3v) is 9.06. The molecule has 1 N–H and O–H groups in total. The van der Waals surface area contributed by atoms with Gasteiger partial charge >= 0.3 is 11.9 Å². The molecule has 0 saturated heterocycles. The minimum Gasteiger partial charge on any atom is -0.756 e. The summed E-state index contributed by atoms with van der Waals surface area (Å²) in [5, 5.41) is 10.3. The standard InChI is InChI=1S/C48H76NO9P/c1-6-8-10-12-14-16-18-20-22-24-25-27-29-31-33-35-37-45(50)39-40-47(51)55-43-46(44-57-59(53,54)56-42-41-49(3,4)5)58-48(52)38-36-34-32-30-28-26-23-21-19-17-15-13-11-9-7-2/h8-11,14-17,20-23,25,27-28,30-31,33,35,37,45-46,50H,6-7,12-13,18-19,24,26,29,32,34,36,38-44H2,1-5H3/b10-8-,11-9-,16-14-,17-15-,22-20-,23-21-,27-25-,30-28-,33-31-,37-35-/t45?,46-/m1/s1. The number of aliphatic hydroxyl groups is 1. The Morgan fingerprint density at radius 2 is 1.12 bits per heavy atom. The Balaban J connectivity index is 4.70. The number of hydrogen-bond acceptors (Lipinski definition) is 9. The van der Waals surface area contributed by atoms with Crippen LogP contribution in [0, 0.1) is 0 Å². The van der Waals surface area contributed by atoms with Crippen molar-refractivity contribution >= 4 is 19.8 Å². The molecule has 0 aromatic rings. The second-order valence-corrected chi connectivity index (χ2v) is 16.2. The number of aliphatic hydroxyl groups excluding tert-OH is 1. The molecule has 0 amide bonds. The van der Waals surface area contributed by atoms with Gasteiger partial charge in [0.2, 0.25) is 0 Å². The predicted molar refractivity (Wildman–Crippen MR) is 241 cm³/mol. The van der Waals surface area contributed by atoms with Crippen molar-refractivity contribution in [2.45, 2.75) is 122 Å². The summed E-state index contributed by atoms with van der Waals surface area (Å²) in [6.45, 7) is 3.62. The Bertz CT molecular complexity index is 1430. The van der Waals surface area contributed by atoms with Crippen LogP contribution in [0.5, 0.6) is 0 Å². The van der Waals surface area contributed by atoms with Crippen molar-refractivity contribution in [2.24, 2.45) is 0 Å². The van der Waals surface area contributed by atoms with Crippen LogP contribution in [-0.4, -0.2) is 81.2 Å². The van der Waals surface area contributed by atoms with Gasteiger partial charge in [-0.2, -0.15) is 0 Å². The zero-order valence-corrected chi connectivity index (χ0v) is 37.6. The number of phosphoric acid groups is 1. The summed E-state index contributed by atoms with van der Waals surface area (Å²) in [5.74, 6) is -1.18. The maximum Gasteiger partial charge on any atom is 0.306 e. The molecule has 0 aliphatic rings. The number of likely N-dealkylation sites (N-methyl/N-ethyl adjacent to an activating group) is 1. The van der Waals surface area contributed by atoms with Crippen LogP contribution in [-0.2, 0) is 32.7 Å². The van der Waals surface area contributed by atoms with Gasteiger partial charge in [0.15, 0.2) is 6.10 Å². The number of phosphoric ester groups is 1. The Hall–Kier alpha value is -3.63. The number of hydrogen-bond donors (Lipinski definition) is 1. The van der Waals surface area contributed by atoms with Crippen LogP contribution < -0.4 is 4.89 Å². The largest absolute Gasteiger partial charge is 0.756 e. The highest BCUT2D eigenvalue weighted by atomic mass is 31.2. The normalized spacial score (nSPS) is 15.3. The van der Waals surface area contributed by atoms with Crippen molar-refractivity contribution < 1.29 is 47.2 Å². The maximum atomic E-state index is 12.7. The molecule has 0 aliphatic heterocycles. The minimum atomic E-state index is -4.70. The average Bonchev–Trinajstić information content (AvgIpc) is 3.18. The molecule has 0 spiro atoms. The molecule has 0 aromatic carbocycles. The molecular formula is C48H76NO9P. The summed E-state index contributed by atoms with van der Waals surface area (Å²) in [5.41, 5.74) is 0. The Labute approximate surface area is 357 Å². The highest BCUT2D eigenvalue weighted by Crippen LogP contribution is 2.38. The highest BCUT2D eigenvalue weighted by molar-refractivity contribution is 7.45. The van der Waals surface area contributed by atoms with Crippen molar-refractivity contribution in [3.63, 3.8) is 0 Å². The molecule has 0 saturated carbocycles. The lowest BCUT2D eigenvalue weighted by Crippen LogP contribution is -2.37. The molecule has 10 nitrogen and oxygen atoms in total. The van der Waals surface area contributed by atoms with Crippen molar-refractivity contribution in [1.29, 1.82) is 0 Å². The fraction of sp³-hybridized carbons (Fsp3) is 0.542. The maximum absolute atomic E-state index is 12.7. The first-order chi connectivity index (χ1) is 28.4. The fourth-order valence-corrected chi connectivity index (χ4v) is 5.48. The molecule has 0 heterocycles. The van der Waals surface area contributed by atoms with E-state index in [2.05, 4.69) is 111 Å². The summed E-state index contributed by atoms with van der Waals surface area (Å²) in [7, 11) is 0.990. The first kappa shape index (κ1) is 55.4. The van der Waals surface area contributed by atoms with Crippen molar-refractivity contribution in [1.82, 2.24) is 0 Å². The number of esters is 2. The van der Waals surface area contributed by atoms with E-state index in [1.54, 1.807) is 12.2 Å². The van der Waals surface area contributed by atoms with Gasteiger partial charge in [-0.1, -0.05) is 135 Å². The molecule has 0 aromatic heterocycles. The third kappa shape index (κ3) is 42.3. The van der Waals surface area contributed by atoms with E-state index >= 15 is 0 Å². The van der Waals surface area contributed by atoms with E-state index in [0.29, 0.717) is 17.4 Å². The lowest BCUT2D eigenvalue weighted by atomic mass is 10.2. The van der Waals surface area contributed by atoms with Gasteiger partial charge in [-0.25, -0.2) is 0 Å². The number of carbonyl (C=O) groups excluding carboxylic acids is 2. The molecule has 0 bridgehead atoms. The van der Waals surface area contributed by atoms with E-state index < -0.39 is 45.2 Å². The van der Waals surface area contributed by atoms with Crippen LogP contribution in [0.25, 0.3) is 0 Å². The number of quaternary nitrogens is 1. The predicted octanol–water partition coefficient (Wildman–Crippen LogP) is 10.5. The van der Waals surface area contributed by atoms with Crippen molar-refractivity contribution in [2.75, 3.05) is 47.5 Å². The summed E-state index contributed by atoms with van der Waals surface area (Å²) in [6.07, 6.45) is 50.0. The number of rotatable bonds is 36. The second-order valence-electron chi connectivity index (χ2n) is 14.8. The fourth-order valence-electron chi connectivity index (χ4n) is 4.75. The van der Waals surface area contributed by atoms with Crippen molar-refractivity contribution in [3.8, 4) is 0 Å². The molecule has 332 valence electrons. The lowest BCUT2D eigenvalue weighted by Gasteiger charge is -2.28. The highest BCUT2D eigenvalue weighted by Gasteiger charge is 2.22. The van der Waals surface area contributed by atoms with Crippen LogP contribution in [0.15, 0.2) is 122 Å². The smallest absolute Gasteiger partial charge is 0.306 e. The Morgan fingerprint density at radius 3 is 1.63 bits per heavy atom. The Kier molecular flexibility index (Phi) is 36.2. The van der Waals surface area contributed by atoms with Crippen LogP contribution in [0.3, 0.4) is 0 Å². The zero-order valence-electron chi connectivity index (χ0n) is 36.7. The van der Waals surface area contributed by atoms with E-state index in [1.807, 2.05) is 33.3 Å². The van der Waals surface area contributed by atoms with E-state index in [4.69, 9.17) is 18.5 Å². The van der Waals surface area contributed by atoms with Gasteiger partial charge in [0, 0.05) is 12.8 Å². The van der Waals surface area contributed by atoms with Gasteiger partial charge in [0.1, 0.15) is 19.8 Å². The summed E-state index contributed by atoms with van der Waals surface area (Å²) >= 11 is 0. The molecule has 0 rings (SSSR count). The van der Waals surface area contributed by atoms with E-state index in [-0.39, 0.29) is 25.9 Å². The summed E-state index contributed by atoms with van der Waals surface area (Å²) in [6, 6.07) is 0. The van der Waals surface area contributed by atoms with Gasteiger partial charge in [0.05, 0.1) is 33.9 Å². The van der Waals surface area contributed by atoms with E-state index in [1.165, 1.54) is 0 Å². The quantitative estimate of drug-likeness (QED) is 0.0164. The molecule has 2 unspecified atom stereocenters. The SMILES string of the molecule is CC/C=C\C/C=C\C/C=C\C/C=C\C/C=C\C=C/C(O)CCC(=O)OC[C@H](COP(=O)([O-])OCC[N+](C)(C)C)OC(=O)CCCC/C=C\C/C=C\C/C=C\C/C=C\CC. The summed E-state index contributed by atoms with van der Waals surface area (Å²) < 4.78 is 33.6. The minimum absolute atomic E-state index is 0.0825. The lowest BCUT2D eigenvalue weighted by molar-refractivity contribution is -0.870. The first-order valence-corrected chi connectivity index (χ1v) is 22.8. The number of ether oxygens (including phenoxy) is 2. The molecule has 11 heteroatoms. The van der Waals surface area contributed by atoms with Crippen molar-refractivity contribution in [3.05, 3.63) is 122 Å². The topological polar surface area (TPSA) is 131 Å². The van der Waals surface area contributed by atoms with Crippen LogP contribution in [0.2, 0.25) is 0 Å². The van der Waals surface area contributed by atoms with Gasteiger partial charge in [0.25, 0.3) is 7.82 Å².